The van der Waals surface area contributed by atoms with Gasteiger partial charge in [0.25, 0.3) is 0 Å². The predicted molar refractivity (Wildman–Crippen MR) is 87.7 cm³/mol. The maximum Gasteiger partial charge on any atom is 0.0540 e. The van der Waals surface area contributed by atoms with Crippen molar-refractivity contribution in [1.29, 1.82) is 0 Å². The molecule has 1 aromatic rings. The summed E-state index contributed by atoms with van der Waals surface area (Å²) in [7, 11) is 0. The molecule has 0 heterocycles. The molecule has 1 saturated carbocycles. The summed E-state index contributed by atoms with van der Waals surface area (Å²) in [6.07, 6.45) is 6.08. The molecule has 1 fully saturated rings. The van der Waals surface area contributed by atoms with Crippen molar-refractivity contribution in [1.82, 2.24) is 0 Å². The Morgan fingerprint density at radius 3 is 2.95 bits per heavy atom. The summed E-state index contributed by atoms with van der Waals surface area (Å²) < 4.78 is 0. The van der Waals surface area contributed by atoms with Crippen molar-refractivity contribution in [2.24, 2.45) is 5.92 Å². The van der Waals surface area contributed by atoms with Crippen LogP contribution in [0.3, 0.4) is 0 Å². The second-order valence-corrected chi connectivity index (χ2v) is 6.93. The molecule has 2 heteroatoms. The lowest BCUT2D eigenvalue weighted by Gasteiger charge is -2.26. The molecule has 1 nitrogen and oxygen atoms in total. The molecule has 1 aromatic carbocycles. The van der Waals surface area contributed by atoms with Crippen LogP contribution < -0.4 is 0 Å². The van der Waals surface area contributed by atoms with Crippen molar-refractivity contribution in [2.45, 2.75) is 50.0 Å². The molecule has 0 saturated heterocycles. The number of rotatable bonds is 4. The summed E-state index contributed by atoms with van der Waals surface area (Å²) in [5.41, 5.74) is 2.46. The van der Waals surface area contributed by atoms with Crippen molar-refractivity contribution in [3.63, 3.8) is 0 Å². The quantitative estimate of drug-likeness (QED) is 0.837. The summed E-state index contributed by atoms with van der Waals surface area (Å²) in [6.45, 7) is 2.52. The van der Waals surface area contributed by atoms with E-state index in [0.29, 0.717) is 6.42 Å². The van der Waals surface area contributed by atoms with Crippen LogP contribution in [-0.4, -0.2) is 17.0 Å². The van der Waals surface area contributed by atoms with Gasteiger partial charge in [0, 0.05) is 23.0 Å². The second kappa shape index (κ2) is 8.39. The van der Waals surface area contributed by atoms with Gasteiger partial charge in [-0.25, -0.2) is 0 Å². The van der Waals surface area contributed by atoms with Gasteiger partial charge in [0.05, 0.1) is 6.61 Å². The van der Waals surface area contributed by atoms with Crippen molar-refractivity contribution >= 4 is 11.8 Å². The van der Waals surface area contributed by atoms with Crippen molar-refractivity contribution in [2.75, 3.05) is 6.61 Å². The van der Waals surface area contributed by atoms with Crippen LogP contribution in [0.2, 0.25) is 0 Å². The van der Waals surface area contributed by atoms with E-state index in [4.69, 9.17) is 5.11 Å². The van der Waals surface area contributed by atoms with E-state index in [1.54, 1.807) is 0 Å². The molecule has 0 bridgehead atoms. The second-order valence-electron chi connectivity index (χ2n) is 5.64. The molecule has 1 aliphatic carbocycles. The van der Waals surface area contributed by atoms with Gasteiger partial charge in [-0.05, 0) is 30.4 Å². The monoisotopic (exact) mass is 288 g/mol. The summed E-state index contributed by atoms with van der Waals surface area (Å²) >= 11 is 2.09. The Balaban J connectivity index is 1.94. The van der Waals surface area contributed by atoms with Crippen LogP contribution in [0.5, 0.6) is 0 Å². The van der Waals surface area contributed by atoms with E-state index in [2.05, 4.69) is 48.7 Å². The number of benzene rings is 1. The van der Waals surface area contributed by atoms with E-state index in [9.17, 15) is 0 Å². The summed E-state index contributed by atoms with van der Waals surface area (Å²) in [5, 5.41) is 9.62. The fourth-order valence-corrected chi connectivity index (χ4v) is 4.18. The highest BCUT2D eigenvalue weighted by molar-refractivity contribution is 7.99. The van der Waals surface area contributed by atoms with Crippen LogP contribution in [0, 0.1) is 17.8 Å². The predicted octanol–water partition coefficient (Wildman–Crippen LogP) is 4.23. The normalized spacial score (nSPS) is 22.1. The van der Waals surface area contributed by atoms with Crippen LogP contribution in [0.25, 0.3) is 0 Å². The molecule has 1 N–H and O–H groups in total. The molecule has 0 aromatic heterocycles. The molecule has 2 rings (SSSR count). The highest BCUT2D eigenvalue weighted by atomic mass is 32.2. The Morgan fingerprint density at radius 2 is 2.15 bits per heavy atom. The van der Waals surface area contributed by atoms with Gasteiger partial charge in [0.1, 0.15) is 0 Å². The topological polar surface area (TPSA) is 20.2 Å². The summed E-state index contributed by atoms with van der Waals surface area (Å²) in [4.78, 5) is 0. The van der Waals surface area contributed by atoms with Crippen LogP contribution >= 0.6 is 11.8 Å². The molecule has 0 aliphatic heterocycles. The number of hydrogen-bond acceptors (Lipinski definition) is 2. The average Bonchev–Trinajstić information content (AvgIpc) is 2.47. The Labute approximate surface area is 127 Å². The van der Waals surface area contributed by atoms with Gasteiger partial charge in [-0.2, -0.15) is 11.8 Å². The van der Waals surface area contributed by atoms with E-state index in [0.717, 1.165) is 22.5 Å². The fourth-order valence-electron chi connectivity index (χ4n) is 2.72. The zero-order valence-corrected chi connectivity index (χ0v) is 13.1. The molecule has 0 spiro atoms. The van der Waals surface area contributed by atoms with Crippen molar-refractivity contribution in [3.8, 4) is 11.8 Å². The SMILES string of the molecule is CC1CCCC(SCc2ccccc2C#CCCO)C1. The van der Waals surface area contributed by atoms with E-state index in [1.807, 2.05) is 6.07 Å². The van der Waals surface area contributed by atoms with E-state index in [-0.39, 0.29) is 6.61 Å². The Bertz CT molecular complexity index is 472. The van der Waals surface area contributed by atoms with E-state index in [1.165, 1.54) is 31.2 Å². The largest absolute Gasteiger partial charge is 0.395 e. The van der Waals surface area contributed by atoms with Crippen molar-refractivity contribution < 1.29 is 5.11 Å². The van der Waals surface area contributed by atoms with Gasteiger partial charge in [0.2, 0.25) is 0 Å². The minimum absolute atomic E-state index is 0.143. The molecule has 0 radical (unpaired) electrons. The van der Waals surface area contributed by atoms with E-state index >= 15 is 0 Å². The number of aliphatic hydroxyl groups excluding tert-OH is 1. The van der Waals surface area contributed by atoms with Gasteiger partial charge >= 0.3 is 0 Å². The average molecular weight is 288 g/mol. The third kappa shape index (κ3) is 4.89. The fraction of sp³-hybridized carbons (Fsp3) is 0.556. The molecular weight excluding hydrogens is 264 g/mol. The van der Waals surface area contributed by atoms with Gasteiger partial charge in [0.15, 0.2) is 0 Å². The van der Waals surface area contributed by atoms with Crippen LogP contribution in [0.1, 0.15) is 50.2 Å². The number of thioether (sulfide) groups is 1. The summed E-state index contributed by atoms with van der Waals surface area (Å²) in [5.74, 6) is 8.16. The lowest BCUT2D eigenvalue weighted by Crippen LogP contribution is -2.15. The van der Waals surface area contributed by atoms with Gasteiger partial charge in [-0.15, -0.1) is 0 Å². The zero-order chi connectivity index (χ0) is 14.2. The minimum atomic E-state index is 0.143. The van der Waals surface area contributed by atoms with Crippen LogP contribution in [0.15, 0.2) is 24.3 Å². The lowest BCUT2D eigenvalue weighted by atomic mass is 9.91. The highest BCUT2D eigenvalue weighted by Crippen LogP contribution is 2.33. The standard InChI is InChI=1S/C18H24OS/c1-15-7-6-11-18(13-15)20-14-17-10-3-2-8-16(17)9-4-5-12-19/h2-3,8,10,15,18-19H,5-7,11-14H2,1H3. The minimum Gasteiger partial charge on any atom is -0.395 e. The molecule has 0 amide bonds. The van der Waals surface area contributed by atoms with Gasteiger partial charge in [-0.1, -0.05) is 49.8 Å². The first-order valence-electron chi connectivity index (χ1n) is 7.59. The zero-order valence-electron chi connectivity index (χ0n) is 12.3. The Kier molecular flexibility index (Phi) is 6.50. The number of hydrogen-bond donors (Lipinski definition) is 1. The molecular formula is C18H24OS. The van der Waals surface area contributed by atoms with Crippen LogP contribution in [-0.2, 0) is 5.75 Å². The third-order valence-electron chi connectivity index (χ3n) is 3.84. The summed E-state index contributed by atoms with van der Waals surface area (Å²) in [6, 6.07) is 8.41. The molecule has 108 valence electrons. The first-order valence-corrected chi connectivity index (χ1v) is 8.63. The highest BCUT2D eigenvalue weighted by Gasteiger charge is 2.19. The van der Waals surface area contributed by atoms with Gasteiger partial charge in [-0.3, -0.25) is 0 Å². The smallest absolute Gasteiger partial charge is 0.0540 e. The number of aliphatic hydroxyl groups is 1. The van der Waals surface area contributed by atoms with Crippen molar-refractivity contribution in [3.05, 3.63) is 35.4 Å². The maximum atomic E-state index is 8.81. The molecule has 2 unspecified atom stereocenters. The third-order valence-corrected chi connectivity index (χ3v) is 5.22. The first kappa shape index (κ1) is 15.5. The molecule has 2 atom stereocenters. The maximum absolute atomic E-state index is 8.81. The lowest BCUT2D eigenvalue weighted by molar-refractivity contribution is 0.305. The van der Waals surface area contributed by atoms with E-state index < -0.39 is 0 Å². The van der Waals surface area contributed by atoms with Crippen LogP contribution in [0.4, 0.5) is 0 Å². The first-order chi connectivity index (χ1) is 9.79. The molecule has 1 aliphatic rings. The Hall–Kier alpha value is -0.910. The molecule has 20 heavy (non-hydrogen) atoms. The Morgan fingerprint density at radius 1 is 1.30 bits per heavy atom. The van der Waals surface area contributed by atoms with Gasteiger partial charge < -0.3 is 5.11 Å².